The monoisotopic (exact) mass is 348 g/mol. The molecular formula is C19H36N6. The van der Waals surface area contributed by atoms with E-state index < -0.39 is 0 Å². The topological polar surface area (TPSA) is 67.1 Å². The van der Waals surface area contributed by atoms with E-state index in [1.165, 1.54) is 51.4 Å². The van der Waals surface area contributed by atoms with Gasteiger partial charge in [-0.3, -0.25) is 0 Å². The van der Waals surface area contributed by atoms with Crippen molar-refractivity contribution in [1.29, 1.82) is 0 Å². The van der Waals surface area contributed by atoms with E-state index >= 15 is 0 Å². The first-order chi connectivity index (χ1) is 12.2. The second-order valence-electron chi connectivity index (χ2n) is 7.08. The minimum atomic E-state index is 0.435. The van der Waals surface area contributed by atoms with Crippen LogP contribution in [-0.4, -0.2) is 33.3 Å². The summed E-state index contributed by atoms with van der Waals surface area (Å²) in [6, 6.07) is 0.435. The van der Waals surface area contributed by atoms with Gasteiger partial charge in [-0.05, 0) is 33.1 Å². The standard InChI is InChI=1S/C19H36N6/c1-4-6-7-9-12-16(3)22-19(20-5-2)21-15-18-24-23-17-13-10-8-11-14-25(17)18/h16H,4-15H2,1-3H3,(H2,20,21,22). The Kier molecular flexibility index (Phi) is 8.77. The molecule has 1 aromatic rings. The smallest absolute Gasteiger partial charge is 0.191 e. The van der Waals surface area contributed by atoms with E-state index in [0.717, 1.165) is 37.1 Å². The largest absolute Gasteiger partial charge is 0.357 e. The van der Waals surface area contributed by atoms with Gasteiger partial charge in [0.15, 0.2) is 11.8 Å². The van der Waals surface area contributed by atoms with E-state index in [2.05, 4.69) is 46.2 Å². The number of aryl methyl sites for hydroxylation is 1. The maximum Gasteiger partial charge on any atom is 0.191 e. The molecule has 2 heterocycles. The molecule has 1 unspecified atom stereocenters. The van der Waals surface area contributed by atoms with Crippen LogP contribution >= 0.6 is 0 Å². The molecule has 0 saturated carbocycles. The molecular weight excluding hydrogens is 312 g/mol. The second-order valence-corrected chi connectivity index (χ2v) is 7.08. The summed E-state index contributed by atoms with van der Waals surface area (Å²) in [5.41, 5.74) is 0. The molecule has 0 spiro atoms. The van der Waals surface area contributed by atoms with Crippen molar-refractivity contribution in [3.05, 3.63) is 11.6 Å². The molecule has 6 heteroatoms. The molecule has 0 bridgehead atoms. The Hall–Kier alpha value is -1.59. The van der Waals surface area contributed by atoms with Crippen LogP contribution in [0.5, 0.6) is 0 Å². The van der Waals surface area contributed by atoms with Crippen LogP contribution < -0.4 is 10.6 Å². The first-order valence-electron chi connectivity index (χ1n) is 10.2. The Labute approximate surface area is 152 Å². The highest BCUT2D eigenvalue weighted by Crippen LogP contribution is 2.14. The van der Waals surface area contributed by atoms with Crippen LogP contribution in [0.3, 0.4) is 0 Å². The van der Waals surface area contributed by atoms with Crippen LogP contribution in [0.2, 0.25) is 0 Å². The van der Waals surface area contributed by atoms with Crippen molar-refractivity contribution in [2.24, 2.45) is 4.99 Å². The zero-order chi connectivity index (χ0) is 17.9. The Morgan fingerprint density at radius 1 is 1.16 bits per heavy atom. The normalized spacial score (nSPS) is 16.2. The maximum absolute atomic E-state index is 4.75. The van der Waals surface area contributed by atoms with Gasteiger partial charge >= 0.3 is 0 Å². The SMILES string of the molecule is CCCCCCC(C)NC(=NCc1nnc2n1CCCCC2)NCC. The fraction of sp³-hybridized carbons (Fsp3) is 0.842. The Balaban J connectivity index is 1.89. The predicted octanol–water partition coefficient (Wildman–Crippen LogP) is 3.42. The molecule has 6 nitrogen and oxygen atoms in total. The number of fused-ring (bicyclic) bond motifs is 1. The van der Waals surface area contributed by atoms with Crippen LogP contribution in [0.25, 0.3) is 0 Å². The van der Waals surface area contributed by atoms with E-state index in [-0.39, 0.29) is 0 Å². The number of hydrogen-bond acceptors (Lipinski definition) is 3. The minimum absolute atomic E-state index is 0.435. The summed E-state index contributed by atoms with van der Waals surface area (Å²) in [5, 5.41) is 15.6. The van der Waals surface area contributed by atoms with Gasteiger partial charge < -0.3 is 15.2 Å². The molecule has 0 saturated heterocycles. The van der Waals surface area contributed by atoms with E-state index in [4.69, 9.17) is 4.99 Å². The molecule has 1 aliphatic heterocycles. The molecule has 25 heavy (non-hydrogen) atoms. The van der Waals surface area contributed by atoms with Crippen molar-refractivity contribution in [1.82, 2.24) is 25.4 Å². The minimum Gasteiger partial charge on any atom is -0.357 e. The van der Waals surface area contributed by atoms with Crippen LogP contribution in [0.15, 0.2) is 4.99 Å². The van der Waals surface area contributed by atoms with Crippen molar-refractivity contribution in [3.63, 3.8) is 0 Å². The molecule has 142 valence electrons. The fourth-order valence-corrected chi connectivity index (χ4v) is 3.31. The average Bonchev–Trinajstić information content (AvgIpc) is 2.83. The average molecular weight is 349 g/mol. The Morgan fingerprint density at radius 2 is 2.04 bits per heavy atom. The van der Waals surface area contributed by atoms with Crippen molar-refractivity contribution >= 4 is 5.96 Å². The van der Waals surface area contributed by atoms with Gasteiger partial charge in [0.05, 0.1) is 0 Å². The number of aromatic nitrogens is 3. The Bertz CT molecular complexity index is 522. The number of nitrogens with one attached hydrogen (secondary N) is 2. The van der Waals surface area contributed by atoms with Crippen LogP contribution in [-0.2, 0) is 19.5 Å². The lowest BCUT2D eigenvalue weighted by Crippen LogP contribution is -2.42. The van der Waals surface area contributed by atoms with Crippen LogP contribution in [0.4, 0.5) is 0 Å². The zero-order valence-electron chi connectivity index (χ0n) is 16.4. The fourth-order valence-electron chi connectivity index (χ4n) is 3.31. The second kappa shape index (κ2) is 11.1. The quantitative estimate of drug-likeness (QED) is 0.408. The molecule has 0 aliphatic carbocycles. The molecule has 2 rings (SSSR count). The molecule has 1 atom stereocenters. The van der Waals surface area contributed by atoms with Crippen molar-refractivity contribution in [3.8, 4) is 0 Å². The lowest BCUT2D eigenvalue weighted by atomic mass is 10.1. The number of nitrogens with zero attached hydrogens (tertiary/aromatic N) is 4. The summed E-state index contributed by atoms with van der Waals surface area (Å²) in [4.78, 5) is 4.75. The van der Waals surface area contributed by atoms with Crippen molar-refractivity contribution in [2.75, 3.05) is 6.54 Å². The number of aliphatic imine (C=N–C) groups is 1. The molecule has 0 fully saturated rings. The number of hydrogen-bond donors (Lipinski definition) is 2. The van der Waals surface area contributed by atoms with Gasteiger partial charge in [-0.25, -0.2) is 4.99 Å². The first kappa shape index (κ1) is 19.7. The molecule has 0 aromatic carbocycles. The molecule has 0 radical (unpaired) electrons. The zero-order valence-corrected chi connectivity index (χ0v) is 16.4. The van der Waals surface area contributed by atoms with Gasteiger partial charge in [0.2, 0.25) is 0 Å². The van der Waals surface area contributed by atoms with Gasteiger partial charge in [0.25, 0.3) is 0 Å². The van der Waals surface area contributed by atoms with Gasteiger partial charge in [0, 0.05) is 25.6 Å². The summed E-state index contributed by atoms with van der Waals surface area (Å²) >= 11 is 0. The summed E-state index contributed by atoms with van der Waals surface area (Å²) < 4.78 is 2.27. The van der Waals surface area contributed by atoms with Gasteiger partial charge in [-0.1, -0.05) is 39.0 Å². The summed E-state index contributed by atoms with van der Waals surface area (Å²) in [6.45, 7) is 9.08. The lowest BCUT2D eigenvalue weighted by molar-refractivity contribution is 0.536. The highest BCUT2D eigenvalue weighted by Gasteiger charge is 2.14. The van der Waals surface area contributed by atoms with E-state index in [1.807, 2.05) is 0 Å². The number of rotatable bonds is 9. The van der Waals surface area contributed by atoms with Gasteiger partial charge in [0.1, 0.15) is 12.4 Å². The number of unbranched alkanes of at least 4 members (excludes halogenated alkanes) is 3. The molecule has 1 aliphatic rings. The highest BCUT2D eigenvalue weighted by atomic mass is 15.3. The highest BCUT2D eigenvalue weighted by molar-refractivity contribution is 5.79. The molecule has 1 aromatic heterocycles. The summed E-state index contributed by atoms with van der Waals surface area (Å²) in [5.74, 6) is 3.01. The third-order valence-electron chi connectivity index (χ3n) is 4.78. The van der Waals surface area contributed by atoms with E-state index in [0.29, 0.717) is 12.6 Å². The first-order valence-corrected chi connectivity index (χ1v) is 10.2. The van der Waals surface area contributed by atoms with Crippen molar-refractivity contribution in [2.45, 2.75) is 97.7 Å². The van der Waals surface area contributed by atoms with E-state index in [1.54, 1.807) is 0 Å². The summed E-state index contributed by atoms with van der Waals surface area (Å²) in [7, 11) is 0. The van der Waals surface area contributed by atoms with Crippen LogP contribution in [0, 0.1) is 0 Å². The molecule has 0 amide bonds. The number of guanidine groups is 1. The van der Waals surface area contributed by atoms with Gasteiger partial charge in [-0.2, -0.15) is 0 Å². The lowest BCUT2D eigenvalue weighted by Gasteiger charge is -2.17. The third-order valence-corrected chi connectivity index (χ3v) is 4.78. The van der Waals surface area contributed by atoms with Crippen LogP contribution in [0.1, 0.15) is 83.8 Å². The maximum atomic E-state index is 4.75. The third kappa shape index (κ3) is 6.67. The predicted molar refractivity (Wildman–Crippen MR) is 104 cm³/mol. The Morgan fingerprint density at radius 3 is 2.84 bits per heavy atom. The summed E-state index contributed by atoms with van der Waals surface area (Å²) in [6.07, 6.45) is 11.2. The van der Waals surface area contributed by atoms with Crippen molar-refractivity contribution < 1.29 is 0 Å². The molecule has 2 N–H and O–H groups in total. The van der Waals surface area contributed by atoms with Gasteiger partial charge in [-0.15, -0.1) is 10.2 Å². The van der Waals surface area contributed by atoms with E-state index in [9.17, 15) is 0 Å².